The van der Waals surface area contributed by atoms with Crippen molar-refractivity contribution in [2.24, 2.45) is 17.8 Å². The van der Waals surface area contributed by atoms with Crippen LogP contribution in [-0.2, 0) is 9.59 Å². The quantitative estimate of drug-likeness (QED) is 0.775. The van der Waals surface area contributed by atoms with Crippen LogP contribution in [0.5, 0.6) is 0 Å². The lowest BCUT2D eigenvalue weighted by atomic mass is 9.87. The van der Waals surface area contributed by atoms with Crippen LogP contribution < -0.4 is 10.6 Å². The molecule has 2 saturated carbocycles. The summed E-state index contributed by atoms with van der Waals surface area (Å²) in [6.07, 6.45) is 10.7. The number of rotatable bonds is 6. The highest BCUT2D eigenvalue weighted by atomic mass is 16.2. The van der Waals surface area contributed by atoms with Gasteiger partial charge in [0, 0.05) is 12.0 Å². The van der Waals surface area contributed by atoms with Gasteiger partial charge in [0.2, 0.25) is 11.8 Å². The van der Waals surface area contributed by atoms with Crippen molar-refractivity contribution in [2.45, 2.75) is 97.1 Å². The molecule has 0 aliphatic heterocycles. The third-order valence-corrected chi connectivity index (χ3v) is 5.68. The van der Waals surface area contributed by atoms with Crippen molar-refractivity contribution in [1.29, 1.82) is 0 Å². The molecule has 2 N–H and O–H groups in total. The summed E-state index contributed by atoms with van der Waals surface area (Å²) in [6, 6.07) is -0.0891. The van der Waals surface area contributed by atoms with E-state index in [1.54, 1.807) is 0 Å². The van der Waals surface area contributed by atoms with Gasteiger partial charge in [-0.1, -0.05) is 40.0 Å². The van der Waals surface area contributed by atoms with Gasteiger partial charge in [0.1, 0.15) is 6.04 Å². The van der Waals surface area contributed by atoms with E-state index in [0.717, 1.165) is 44.4 Å². The molecule has 2 rings (SSSR count). The first-order valence-electron chi connectivity index (χ1n) is 10.1. The summed E-state index contributed by atoms with van der Waals surface area (Å²) in [5, 5.41) is 6.26. The van der Waals surface area contributed by atoms with Gasteiger partial charge in [-0.15, -0.1) is 0 Å². The summed E-state index contributed by atoms with van der Waals surface area (Å²) in [4.78, 5) is 25.3. The van der Waals surface area contributed by atoms with Crippen LogP contribution in [0.15, 0.2) is 0 Å². The SMILES string of the molecule is CC(C)C[C@@H](NC(=O)C1CCCCC1)C(=O)NC1CCC(C)CC1. The fourth-order valence-electron chi connectivity index (χ4n) is 4.06. The van der Waals surface area contributed by atoms with Crippen molar-refractivity contribution < 1.29 is 9.59 Å². The van der Waals surface area contributed by atoms with Crippen molar-refractivity contribution in [1.82, 2.24) is 10.6 Å². The molecular formula is C20H36N2O2. The molecule has 2 fully saturated rings. The zero-order chi connectivity index (χ0) is 17.5. The summed E-state index contributed by atoms with van der Waals surface area (Å²) < 4.78 is 0. The molecule has 0 saturated heterocycles. The molecule has 0 radical (unpaired) electrons. The number of carbonyl (C=O) groups excluding carboxylic acids is 2. The van der Waals surface area contributed by atoms with Gasteiger partial charge in [0.25, 0.3) is 0 Å². The predicted octanol–water partition coefficient (Wildman–Crippen LogP) is 3.79. The fourth-order valence-corrected chi connectivity index (χ4v) is 4.06. The first-order valence-corrected chi connectivity index (χ1v) is 10.1. The second-order valence-electron chi connectivity index (χ2n) is 8.49. The standard InChI is InChI=1S/C20H36N2O2/c1-14(2)13-18(22-19(23)16-7-5-4-6-8-16)20(24)21-17-11-9-15(3)10-12-17/h14-18H,4-13H2,1-3H3,(H,21,24)(H,22,23)/t15?,17?,18-/m1/s1. The van der Waals surface area contributed by atoms with E-state index in [1.165, 1.54) is 19.3 Å². The normalized spacial score (nSPS) is 26.8. The largest absolute Gasteiger partial charge is 0.352 e. The van der Waals surface area contributed by atoms with Crippen molar-refractivity contribution in [3.8, 4) is 0 Å². The Kier molecular flexibility index (Phi) is 7.57. The predicted molar refractivity (Wildman–Crippen MR) is 97.5 cm³/mol. The van der Waals surface area contributed by atoms with Gasteiger partial charge in [-0.2, -0.15) is 0 Å². The minimum Gasteiger partial charge on any atom is -0.352 e. The third-order valence-electron chi connectivity index (χ3n) is 5.68. The minimum absolute atomic E-state index is 0.0208. The average molecular weight is 337 g/mol. The van der Waals surface area contributed by atoms with Gasteiger partial charge >= 0.3 is 0 Å². The summed E-state index contributed by atoms with van der Waals surface area (Å²) >= 11 is 0. The van der Waals surface area contributed by atoms with E-state index in [9.17, 15) is 9.59 Å². The molecule has 1 atom stereocenters. The highest BCUT2D eigenvalue weighted by Crippen LogP contribution is 2.25. The molecule has 138 valence electrons. The van der Waals surface area contributed by atoms with Crippen LogP contribution in [0.1, 0.15) is 85.0 Å². The number of hydrogen-bond donors (Lipinski definition) is 2. The van der Waals surface area contributed by atoms with Crippen molar-refractivity contribution in [3.63, 3.8) is 0 Å². The maximum atomic E-state index is 12.7. The van der Waals surface area contributed by atoms with Crippen LogP contribution in [0, 0.1) is 17.8 Å². The Hall–Kier alpha value is -1.06. The second-order valence-corrected chi connectivity index (χ2v) is 8.49. The summed E-state index contributed by atoms with van der Waals surface area (Å²) in [5.74, 6) is 1.38. The lowest BCUT2D eigenvalue weighted by Crippen LogP contribution is -2.52. The van der Waals surface area contributed by atoms with E-state index in [1.807, 2.05) is 0 Å². The van der Waals surface area contributed by atoms with Crippen LogP contribution in [0.3, 0.4) is 0 Å². The number of carbonyl (C=O) groups is 2. The van der Waals surface area contributed by atoms with E-state index in [2.05, 4.69) is 31.4 Å². The molecule has 2 aliphatic carbocycles. The van der Waals surface area contributed by atoms with Crippen molar-refractivity contribution in [3.05, 3.63) is 0 Å². The topological polar surface area (TPSA) is 58.2 Å². The molecule has 0 aromatic rings. The summed E-state index contributed by atoms with van der Waals surface area (Å²) in [5.41, 5.74) is 0. The average Bonchev–Trinajstić information content (AvgIpc) is 2.56. The molecular weight excluding hydrogens is 300 g/mol. The molecule has 4 nitrogen and oxygen atoms in total. The van der Waals surface area contributed by atoms with Gasteiger partial charge < -0.3 is 10.6 Å². The molecule has 0 unspecified atom stereocenters. The Morgan fingerprint density at radius 3 is 2.17 bits per heavy atom. The monoisotopic (exact) mass is 336 g/mol. The van der Waals surface area contributed by atoms with Gasteiger partial charge in [0.05, 0.1) is 0 Å². The van der Waals surface area contributed by atoms with E-state index in [0.29, 0.717) is 12.3 Å². The molecule has 24 heavy (non-hydrogen) atoms. The zero-order valence-corrected chi connectivity index (χ0v) is 15.8. The zero-order valence-electron chi connectivity index (χ0n) is 15.8. The van der Waals surface area contributed by atoms with Crippen LogP contribution in [0.4, 0.5) is 0 Å². The molecule has 0 aromatic heterocycles. The lowest BCUT2D eigenvalue weighted by molar-refractivity contribution is -0.132. The van der Waals surface area contributed by atoms with Gasteiger partial charge in [-0.05, 0) is 56.8 Å². The van der Waals surface area contributed by atoms with E-state index in [4.69, 9.17) is 0 Å². The Morgan fingerprint density at radius 2 is 1.58 bits per heavy atom. The Bertz CT molecular complexity index is 408. The van der Waals surface area contributed by atoms with Crippen LogP contribution in [-0.4, -0.2) is 23.9 Å². The van der Waals surface area contributed by atoms with Crippen molar-refractivity contribution in [2.75, 3.05) is 0 Å². The highest BCUT2D eigenvalue weighted by Gasteiger charge is 2.29. The molecule has 0 spiro atoms. The van der Waals surface area contributed by atoms with Crippen LogP contribution in [0.25, 0.3) is 0 Å². The maximum Gasteiger partial charge on any atom is 0.242 e. The van der Waals surface area contributed by atoms with Gasteiger partial charge in [0.15, 0.2) is 0 Å². The Morgan fingerprint density at radius 1 is 0.958 bits per heavy atom. The maximum absolute atomic E-state index is 12.7. The van der Waals surface area contributed by atoms with Gasteiger partial charge in [-0.25, -0.2) is 0 Å². The number of amides is 2. The Labute approximate surface area is 147 Å². The summed E-state index contributed by atoms with van der Waals surface area (Å²) in [6.45, 7) is 6.49. The van der Waals surface area contributed by atoms with E-state index >= 15 is 0 Å². The lowest BCUT2D eigenvalue weighted by Gasteiger charge is -2.30. The van der Waals surface area contributed by atoms with Crippen LogP contribution >= 0.6 is 0 Å². The Balaban J connectivity index is 1.88. The second kappa shape index (κ2) is 9.43. The molecule has 0 bridgehead atoms. The first-order chi connectivity index (χ1) is 11.5. The minimum atomic E-state index is -0.376. The van der Waals surface area contributed by atoms with E-state index < -0.39 is 0 Å². The van der Waals surface area contributed by atoms with Crippen LogP contribution in [0.2, 0.25) is 0 Å². The molecule has 0 heterocycles. The molecule has 2 amide bonds. The smallest absolute Gasteiger partial charge is 0.242 e. The highest BCUT2D eigenvalue weighted by molar-refractivity contribution is 5.88. The van der Waals surface area contributed by atoms with E-state index in [-0.39, 0.29) is 29.8 Å². The number of nitrogens with one attached hydrogen (secondary N) is 2. The molecule has 0 aromatic carbocycles. The molecule has 2 aliphatic rings. The number of hydrogen-bond acceptors (Lipinski definition) is 2. The third kappa shape index (κ3) is 6.10. The first kappa shape index (κ1) is 19.3. The fraction of sp³-hybridized carbons (Fsp3) is 0.900. The molecule has 4 heteroatoms. The summed E-state index contributed by atoms with van der Waals surface area (Å²) in [7, 11) is 0. The van der Waals surface area contributed by atoms with Gasteiger partial charge in [-0.3, -0.25) is 9.59 Å². The van der Waals surface area contributed by atoms with Crippen molar-refractivity contribution >= 4 is 11.8 Å².